The molecule has 134 valence electrons. The number of nitriles is 1. The predicted octanol–water partition coefficient (Wildman–Crippen LogP) is 4.26. The van der Waals surface area contributed by atoms with E-state index in [1.165, 1.54) is 0 Å². The molecular weight excluding hydrogens is 334 g/mol. The largest absolute Gasteiger partial charge is 0.325 e. The van der Waals surface area contributed by atoms with E-state index in [0.29, 0.717) is 11.3 Å². The van der Waals surface area contributed by atoms with Crippen LogP contribution in [0.25, 0.3) is 0 Å². The van der Waals surface area contributed by atoms with Crippen LogP contribution in [0.2, 0.25) is 0 Å². The molecule has 3 aromatic carbocycles. The molecule has 2 N–H and O–H groups in total. The molecule has 0 unspecified atom stereocenters. The quantitative estimate of drug-likeness (QED) is 0.694. The SMILES string of the molecule is C[C@@H](NC(c1ccccc1)c1ccccc1)C(=O)Nc1ccc(C#N)cc1. The minimum absolute atomic E-state index is 0.0888. The minimum Gasteiger partial charge on any atom is -0.325 e. The van der Waals surface area contributed by atoms with Crippen molar-refractivity contribution in [1.82, 2.24) is 5.32 Å². The fourth-order valence-corrected chi connectivity index (χ4v) is 2.88. The highest BCUT2D eigenvalue weighted by Gasteiger charge is 2.20. The third kappa shape index (κ3) is 4.81. The van der Waals surface area contributed by atoms with E-state index in [-0.39, 0.29) is 11.9 Å². The van der Waals surface area contributed by atoms with Crippen molar-refractivity contribution < 1.29 is 4.79 Å². The van der Waals surface area contributed by atoms with Gasteiger partial charge in [0, 0.05) is 5.69 Å². The van der Waals surface area contributed by atoms with Crippen LogP contribution in [0.4, 0.5) is 5.69 Å². The second kappa shape index (κ2) is 8.79. The van der Waals surface area contributed by atoms with Gasteiger partial charge in [-0.1, -0.05) is 60.7 Å². The van der Waals surface area contributed by atoms with Gasteiger partial charge in [-0.05, 0) is 42.3 Å². The van der Waals surface area contributed by atoms with E-state index in [2.05, 4.69) is 41.0 Å². The van der Waals surface area contributed by atoms with Gasteiger partial charge in [0.2, 0.25) is 5.91 Å². The molecule has 0 bridgehead atoms. The van der Waals surface area contributed by atoms with Gasteiger partial charge >= 0.3 is 0 Å². The van der Waals surface area contributed by atoms with Crippen LogP contribution in [0.15, 0.2) is 84.9 Å². The first-order valence-electron chi connectivity index (χ1n) is 8.84. The van der Waals surface area contributed by atoms with E-state index in [9.17, 15) is 4.79 Å². The Morgan fingerprint density at radius 1 is 0.852 bits per heavy atom. The van der Waals surface area contributed by atoms with Crippen molar-refractivity contribution >= 4 is 11.6 Å². The Hall–Kier alpha value is -3.42. The molecule has 0 heterocycles. The van der Waals surface area contributed by atoms with Crippen molar-refractivity contribution in [2.45, 2.75) is 19.0 Å². The highest BCUT2D eigenvalue weighted by molar-refractivity contribution is 5.94. The molecule has 0 radical (unpaired) electrons. The van der Waals surface area contributed by atoms with Crippen LogP contribution in [-0.4, -0.2) is 11.9 Å². The van der Waals surface area contributed by atoms with Crippen molar-refractivity contribution in [2.75, 3.05) is 5.32 Å². The highest BCUT2D eigenvalue weighted by atomic mass is 16.2. The standard InChI is InChI=1S/C23H21N3O/c1-17(23(27)26-21-14-12-18(16-24)13-15-21)25-22(19-8-4-2-5-9-19)20-10-6-3-7-11-20/h2-15,17,22,25H,1H3,(H,26,27)/t17-/m1/s1. The molecule has 4 nitrogen and oxygen atoms in total. The lowest BCUT2D eigenvalue weighted by Crippen LogP contribution is -2.40. The number of hydrogen-bond donors (Lipinski definition) is 2. The first kappa shape index (κ1) is 18.4. The van der Waals surface area contributed by atoms with Crippen LogP contribution < -0.4 is 10.6 Å². The smallest absolute Gasteiger partial charge is 0.241 e. The number of anilines is 1. The number of benzene rings is 3. The first-order valence-corrected chi connectivity index (χ1v) is 8.84. The van der Waals surface area contributed by atoms with Crippen LogP contribution in [0, 0.1) is 11.3 Å². The Balaban J connectivity index is 1.74. The number of carbonyl (C=O) groups is 1. The minimum atomic E-state index is -0.411. The third-order valence-corrected chi connectivity index (χ3v) is 4.36. The molecule has 1 amide bonds. The number of carbonyl (C=O) groups excluding carboxylic acids is 1. The number of nitrogens with zero attached hydrogens (tertiary/aromatic N) is 1. The Bertz CT molecular complexity index is 876. The second-order valence-electron chi connectivity index (χ2n) is 6.32. The molecule has 4 heteroatoms. The monoisotopic (exact) mass is 355 g/mol. The van der Waals surface area contributed by atoms with E-state index < -0.39 is 6.04 Å². The molecule has 0 saturated heterocycles. The van der Waals surface area contributed by atoms with Crippen molar-refractivity contribution in [3.8, 4) is 6.07 Å². The molecule has 0 saturated carbocycles. The van der Waals surface area contributed by atoms with Gasteiger partial charge in [0.05, 0.1) is 23.7 Å². The van der Waals surface area contributed by atoms with E-state index in [1.54, 1.807) is 24.3 Å². The maximum Gasteiger partial charge on any atom is 0.241 e. The molecule has 27 heavy (non-hydrogen) atoms. The van der Waals surface area contributed by atoms with Gasteiger partial charge in [0.1, 0.15) is 0 Å². The molecule has 3 aromatic rings. The van der Waals surface area contributed by atoms with Gasteiger partial charge in [0.15, 0.2) is 0 Å². The molecule has 0 aliphatic rings. The molecule has 0 fully saturated rings. The van der Waals surface area contributed by atoms with Crippen LogP contribution in [0.5, 0.6) is 0 Å². The summed E-state index contributed by atoms with van der Waals surface area (Å²) in [5.74, 6) is -0.128. The second-order valence-corrected chi connectivity index (χ2v) is 6.32. The lowest BCUT2D eigenvalue weighted by Gasteiger charge is -2.24. The van der Waals surface area contributed by atoms with Crippen molar-refractivity contribution in [3.63, 3.8) is 0 Å². The molecule has 3 rings (SSSR count). The Kier molecular flexibility index (Phi) is 5.98. The predicted molar refractivity (Wildman–Crippen MR) is 107 cm³/mol. The third-order valence-electron chi connectivity index (χ3n) is 4.36. The molecular formula is C23H21N3O. The fraction of sp³-hybridized carbons (Fsp3) is 0.130. The van der Waals surface area contributed by atoms with Gasteiger partial charge in [-0.15, -0.1) is 0 Å². The van der Waals surface area contributed by atoms with Gasteiger partial charge in [0.25, 0.3) is 0 Å². The lowest BCUT2D eigenvalue weighted by molar-refractivity contribution is -0.117. The number of nitrogens with one attached hydrogen (secondary N) is 2. The maximum atomic E-state index is 12.6. The summed E-state index contributed by atoms with van der Waals surface area (Å²) in [4.78, 5) is 12.6. The Morgan fingerprint density at radius 2 is 1.37 bits per heavy atom. The number of amides is 1. The Labute approximate surface area is 159 Å². The zero-order chi connectivity index (χ0) is 19.1. The number of rotatable bonds is 6. The topological polar surface area (TPSA) is 64.9 Å². The summed E-state index contributed by atoms with van der Waals surface area (Å²) in [6, 6.07) is 28.5. The molecule has 0 aromatic heterocycles. The van der Waals surface area contributed by atoms with E-state index in [0.717, 1.165) is 11.1 Å². The van der Waals surface area contributed by atoms with E-state index >= 15 is 0 Å². The van der Waals surface area contributed by atoms with Crippen LogP contribution in [0.3, 0.4) is 0 Å². The van der Waals surface area contributed by atoms with Gasteiger partial charge in [-0.25, -0.2) is 0 Å². The summed E-state index contributed by atoms with van der Waals surface area (Å²) in [6.45, 7) is 1.85. The Morgan fingerprint density at radius 3 is 1.85 bits per heavy atom. The zero-order valence-corrected chi connectivity index (χ0v) is 15.1. The fourth-order valence-electron chi connectivity index (χ4n) is 2.88. The summed E-state index contributed by atoms with van der Waals surface area (Å²) in [7, 11) is 0. The van der Waals surface area contributed by atoms with Crippen LogP contribution >= 0.6 is 0 Å². The lowest BCUT2D eigenvalue weighted by atomic mass is 9.98. The zero-order valence-electron chi connectivity index (χ0n) is 15.1. The molecule has 1 atom stereocenters. The van der Waals surface area contributed by atoms with Crippen molar-refractivity contribution in [1.29, 1.82) is 5.26 Å². The normalized spacial score (nSPS) is 11.6. The van der Waals surface area contributed by atoms with Crippen molar-refractivity contribution in [2.24, 2.45) is 0 Å². The number of hydrogen-bond acceptors (Lipinski definition) is 3. The average molecular weight is 355 g/mol. The summed E-state index contributed by atoms with van der Waals surface area (Å²) in [5, 5.41) is 15.2. The van der Waals surface area contributed by atoms with Gasteiger partial charge in [-0.3, -0.25) is 10.1 Å². The van der Waals surface area contributed by atoms with Crippen molar-refractivity contribution in [3.05, 3.63) is 102 Å². The maximum absolute atomic E-state index is 12.6. The van der Waals surface area contributed by atoms with E-state index in [1.807, 2.05) is 43.3 Å². The summed E-state index contributed by atoms with van der Waals surface area (Å²) in [6.07, 6.45) is 0. The summed E-state index contributed by atoms with van der Waals surface area (Å²) >= 11 is 0. The average Bonchev–Trinajstić information content (AvgIpc) is 2.73. The van der Waals surface area contributed by atoms with Crippen LogP contribution in [-0.2, 0) is 4.79 Å². The van der Waals surface area contributed by atoms with E-state index in [4.69, 9.17) is 5.26 Å². The first-order chi connectivity index (χ1) is 13.2. The molecule has 0 spiro atoms. The summed E-state index contributed by atoms with van der Waals surface area (Å²) < 4.78 is 0. The molecule has 0 aliphatic carbocycles. The van der Waals surface area contributed by atoms with Gasteiger partial charge < -0.3 is 5.32 Å². The molecule has 0 aliphatic heterocycles. The van der Waals surface area contributed by atoms with Crippen LogP contribution in [0.1, 0.15) is 29.7 Å². The summed E-state index contributed by atoms with van der Waals surface area (Å²) in [5.41, 5.74) is 3.43. The highest BCUT2D eigenvalue weighted by Crippen LogP contribution is 2.22. The van der Waals surface area contributed by atoms with Gasteiger partial charge in [-0.2, -0.15) is 5.26 Å².